The summed E-state index contributed by atoms with van der Waals surface area (Å²) in [6.45, 7) is 1.57. The Hall–Kier alpha value is -3.08. The van der Waals surface area contributed by atoms with Crippen molar-refractivity contribution in [3.63, 3.8) is 0 Å². The van der Waals surface area contributed by atoms with Gasteiger partial charge in [0.1, 0.15) is 23.5 Å². The highest BCUT2D eigenvalue weighted by molar-refractivity contribution is 6.08. The highest BCUT2D eigenvalue weighted by Gasteiger charge is 2.22. The minimum atomic E-state index is -0.445. The van der Waals surface area contributed by atoms with Crippen LogP contribution < -0.4 is 0 Å². The number of benzene rings is 2. The van der Waals surface area contributed by atoms with Crippen LogP contribution in [0.25, 0.3) is 22.3 Å². The number of furan rings is 1. The molecule has 0 amide bonds. The Balaban J connectivity index is 2.02. The van der Waals surface area contributed by atoms with Crippen LogP contribution in [0.2, 0.25) is 0 Å². The number of ether oxygens (including phenoxy) is 2. The minimum Gasteiger partial charge on any atom is -0.465 e. The first kappa shape index (κ1) is 15.8. The molecular weight excluding hydrogens is 308 g/mol. The summed E-state index contributed by atoms with van der Waals surface area (Å²) in [5, 5.41) is 0.711. The molecule has 3 aromatic rings. The van der Waals surface area contributed by atoms with Gasteiger partial charge in [-0.3, -0.25) is 4.79 Å². The summed E-state index contributed by atoms with van der Waals surface area (Å²) in [4.78, 5) is 23.1. The van der Waals surface area contributed by atoms with Crippen LogP contribution in [-0.4, -0.2) is 19.0 Å². The number of hydrogen-bond donors (Lipinski definition) is 0. The first-order valence-corrected chi connectivity index (χ1v) is 7.42. The van der Waals surface area contributed by atoms with E-state index >= 15 is 0 Å². The maximum Gasteiger partial charge on any atom is 0.342 e. The second-order valence-corrected chi connectivity index (χ2v) is 5.27. The van der Waals surface area contributed by atoms with E-state index in [1.807, 2.05) is 42.5 Å². The van der Waals surface area contributed by atoms with Gasteiger partial charge in [0, 0.05) is 17.9 Å². The average molecular weight is 324 g/mol. The van der Waals surface area contributed by atoms with Gasteiger partial charge in [0.15, 0.2) is 0 Å². The van der Waals surface area contributed by atoms with Gasteiger partial charge in [-0.25, -0.2) is 4.79 Å². The molecule has 0 bridgehead atoms. The molecule has 122 valence electrons. The van der Waals surface area contributed by atoms with Crippen LogP contribution in [0.3, 0.4) is 0 Å². The Kier molecular flexibility index (Phi) is 4.33. The number of esters is 2. The van der Waals surface area contributed by atoms with Crippen molar-refractivity contribution in [3.05, 3.63) is 59.7 Å². The number of hydrogen-bond acceptors (Lipinski definition) is 5. The van der Waals surface area contributed by atoms with Crippen molar-refractivity contribution in [2.75, 3.05) is 7.11 Å². The zero-order chi connectivity index (χ0) is 17.1. The first-order chi connectivity index (χ1) is 11.6. The molecule has 2 aromatic carbocycles. The van der Waals surface area contributed by atoms with Crippen molar-refractivity contribution >= 4 is 22.9 Å². The van der Waals surface area contributed by atoms with Crippen molar-refractivity contribution in [1.29, 1.82) is 0 Å². The van der Waals surface area contributed by atoms with Crippen molar-refractivity contribution in [3.8, 4) is 11.3 Å². The molecule has 0 radical (unpaired) electrons. The summed E-state index contributed by atoms with van der Waals surface area (Å²) in [6, 6.07) is 14.6. The van der Waals surface area contributed by atoms with Gasteiger partial charge in [0.05, 0.1) is 7.11 Å². The second-order valence-electron chi connectivity index (χ2n) is 5.27. The van der Waals surface area contributed by atoms with Crippen molar-refractivity contribution in [1.82, 2.24) is 0 Å². The third-order valence-corrected chi connectivity index (χ3v) is 3.64. The summed E-state index contributed by atoms with van der Waals surface area (Å²) < 4.78 is 15.7. The molecule has 24 heavy (non-hydrogen) atoms. The molecule has 0 saturated carbocycles. The topological polar surface area (TPSA) is 65.7 Å². The standard InChI is InChI=1S/C19H16O5/c1-12(20)23-11-13-7-9-14(10-8-13)18-17(19(21)22-2)15-5-3-4-6-16(15)24-18/h3-10H,11H2,1-2H3. The average Bonchev–Trinajstić information content (AvgIpc) is 2.99. The van der Waals surface area contributed by atoms with Gasteiger partial charge in [0.25, 0.3) is 0 Å². The molecule has 0 atom stereocenters. The second kappa shape index (κ2) is 6.58. The Labute approximate surface area is 138 Å². The molecule has 1 heterocycles. The predicted molar refractivity (Wildman–Crippen MR) is 88.5 cm³/mol. The fourth-order valence-corrected chi connectivity index (χ4v) is 2.49. The fourth-order valence-electron chi connectivity index (χ4n) is 2.49. The lowest BCUT2D eigenvalue weighted by Gasteiger charge is -2.05. The van der Waals surface area contributed by atoms with Gasteiger partial charge in [0.2, 0.25) is 0 Å². The van der Waals surface area contributed by atoms with Crippen LogP contribution in [-0.2, 0) is 20.9 Å². The monoisotopic (exact) mass is 324 g/mol. The Morgan fingerprint density at radius 3 is 2.42 bits per heavy atom. The first-order valence-electron chi connectivity index (χ1n) is 7.42. The van der Waals surface area contributed by atoms with E-state index in [2.05, 4.69) is 0 Å². The number of rotatable bonds is 4. The SMILES string of the molecule is COC(=O)c1c(-c2ccc(COC(C)=O)cc2)oc2ccccc12. The largest absolute Gasteiger partial charge is 0.465 e. The predicted octanol–water partition coefficient (Wildman–Crippen LogP) is 3.95. The molecule has 5 heteroatoms. The molecule has 0 saturated heterocycles. The van der Waals surface area contributed by atoms with E-state index in [1.54, 1.807) is 6.07 Å². The van der Waals surface area contributed by atoms with Crippen LogP contribution in [0.1, 0.15) is 22.8 Å². The van der Waals surface area contributed by atoms with E-state index in [9.17, 15) is 9.59 Å². The molecule has 0 fully saturated rings. The summed E-state index contributed by atoms with van der Waals surface area (Å²) in [5.41, 5.74) is 2.63. The lowest BCUT2D eigenvalue weighted by molar-refractivity contribution is -0.142. The Morgan fingerprint density at radius 1 is 1.04 bits per heavy atom. The Morgan fingerprint density at radius 2 is 1.75 bits per heavy atom. The minimum absolute atomic E-state index is 0.208. The number of methoxy groups -OCH3 is 1. The molecule has 1 aromatic heterocycles. The molecule has 0 aliphatic rings. The third kappa shape index (κ3) is 3.01. The van der Waals surface area contributed by atoms with Crippen molar-refractivity contribution < 1.29 is 23.5 Å². The zero-order valence-electron chi connectivity index (χ0n) is 13.4. The van der Waals surface area contributed by atoms with Crippen molar-refractivity contribution in [2.45, 2.75) is 13.5 Å². The molecular formula is C19H16O5. The van der Waals surface area contributed by atoms with Gasteiger partial charge in [-0.05, 0) is 11.6 Å². The summed E-state index contributed by atoms with van der Waals surface area (Å²) in [6.07, 6.45) is 0. The normalized spacial score (nSPS) is 10.6. The lowest BCUT2D eigenvalue weighted by Crippen LogP contribution is -2.02. The highest BCUT2D eigenvalue weighted by atomic mass is 16.5. The van der Waals surface area contributed by atoms with E-state index in [-0.39, 0.29) is 12.6 Å². The molecule has 0 N–H and O–H groups in total. The number of carbonyl (C=O) groups excluding carboxylic acids is 2. The van der Waals surface area contributed by atoms with Crippen molar-refractivity contribution in [2.24, 2.45) is 0 Å². The van der Waals surface area contributed by atoms with Gasteiger partial charge in [-0.15, -0.1) is 0 Å². The zero-order valence-corrected chi connectivity index (χ0v) is 13.4. The summed E-state index contributed by atoms with van der Waals surface area (Å²) >= 11 is 0. The maximum absolute atomic E-state index is 12.2. The maximum atomic E-state index is 12.2. The molecule has 0 spiro atoms. The molecule has 0 unspecified atom stereocenters. The van der Waals surface area contributed by atoms with E-state index in [0.29, 0.717) is 22.3 Å². The molecule has 3 rings (SSSR count). The molecule has 5 nitrogen and oxygen atoms in total. The number of carbonyl (C=O) groups is 2. The van der Waals surface area contributed by atoms with Crippen LogP contribution in [0, 0.1) is 0 Å². The fraction of sp³-hybridized carbons (Fsp3) is 0.158. The van der Waals surface area contributed by atoms with Gasteiger partial charge in [-0.2, -0.15) is 0 Å². The van der Waals surface area contributed by atoms with E-state index in [4.69, 9.17) is 13.9 Å². The summed E-state index contributed by atoms with van der Waals surface area (Å²) in [5.74, 6) is -0.314. The van der Waals surface area contributed by atoms with Gasteiger partial charge < -0.3 is 13.9 Å². The van der Waals surface area contributed by atoms with Gasteiger partial charge in [-0.1, -0.05) is 42.5 Å². The molecule has 0 aliphatic heterocycles. The third-order valence-electron chi connectivity index (χ3n) is 3.64. The van der Waals surface area contributed by atoms with Crippen LogP contribution in [0.4, 0.5) is 0 Å². The highest BCUT2D eigenvalue weighted by Crippen LogP contribution is 2.34. The molecule has 0 aliphatic carbocycles. The quantitative estimate of drug-likeness (QED) is 0.680. The smallest absolute Gasteiger partial charge is 0.342 e. The summed E-state index contributed by atoms with van der Waals surface area (Å²) in [7, 11) is 1.34. The van der Waals surface area contributed by atoms with Crippen LogP contribution >= 0.6 is 0 Å². The Bertz CT molecular complexity index is 890. The van der Waals surface area contributed by atoms with Crippen LogP contribution in [0.5, 0.6) is 0 Å². The number of para-hydroxylation sites is 1. The number of fused-ring (bicyclic) bond motifs is 1. The van der Waals surface area contributed by atoms with Gasteiger partial charge >= 0.3 is 11.9 Å². The van der Waals surface area contributed by atoms with E-state index < -0.39 is 5.97 Å². The van der Waals surface area contributed by atoms with Crippen LogP contribution in [0.15, 0.2) is 52.9 Å². The van der Waals surface area contributed by atoms with E-state index in [1.165, 1.54) is 14.0 Å². The lowest BCUT2D eigenvalue weighted by atomic mass is 10.0. The van der Waals surface area contributed by atoms with E-state index in [0.717, 1.165) is 11.1 Å².